The summed E-state index contributed by atoms with van der Waals surface area (Å²) < 4.78 is 29.2. The standard InChI is InChI=1S/C42H50N12O12/c1-43-40(59)36-30(47-29-6-4-5-27(37(29)62-3)38-46-24-53(2)52-38)22-32(50-51-36)48-35(57)23-45-33(55)11-13-63-15-17-65-19-20-66-18-16-64-14-12-44-25-7-8-26-28(21-25)42(61)54(41(26)60)31-9-10-34(56)49-39(31)58/h4-8,21-22,24,31,44H,9-20,23H2,1-3H3,(H,43,59)(H,45,55)(H,49,56,58)(H2,47,48,50,57). The zero-order valence-electron chi connectivity index (χ0n) is 36.5. The molecule has 6 N–H and O–H groups in total. The third-order valence-corrected chi connectivity index (χ3v) is 9.88. The number of fused-ring (bicyclic) bond motifs is 1. The van der Waals surface area contributed by atoms with Crippen molar-refractivity contribution in [3.05, 3.63) is 65.6 Å². The van der Waals surface area contributed by atoms with Crippen LogP contribution < -0.4 is 36.6 Å². The van der Waals surface area contributed by atoms with Gasteiger partial charge in [-0.1, -0.05) is 6.07 Å². The fourth-order valence-electron chi connectivity index (χ4n) is 6.70. The van der Waals surface area contributed by atoms with Gasteiger partial charge in [0.25, 0.3) is 17.7 Å². The second-order valence-corrected chi connectivity index (χ2v) is 14.5. The van der Waals surface area contributed by atoms with Gasteiger partial charge in [-0.15, -0.1) is 10.2 Å². The molecule has 0 saturated carbocycles. The van der Waals surface area contributed by atoms with E-state index in [-0.39, 0.29) is 74.0 Å². The molecule has 24 heteroatoms. The molecule has 66 heavy (non-hydrogen) atoms. The van der Waals surface area contributed by atoms with Crippen molar-refractivity contribution in [2.45, 2.75) is 25.3 Å². The molecule has 24 nitrogen and oxygen atoms in total. The zero-order valence-corrected chi connectivity index (χ0v) is 36.5. The summed E-state index contributed by atoms with van der Waals surface area (Å²) in [5.74, 6) is -2.88. The van der Waals surface area contributed by atoms with Crippen molar-refractivity contribution in [1.82, 2.24) is 45.8 Å². The lowest BCUT2D eigenvalue weighted by Crippen LogP contribution is -2.54. The Labute approximate surface area is 377 Å². The molecule has 2 aliphatic heterocycles. The van der Waals surface area contributed by atoms with Crippen molar-refractivity contribution in [3.63, 3.8) is 0 Å². The summed E-state index contributed by atoms with van der Waals surface area (Å²) >= 11 is 0. The fraction of sp³-hybridized carbons (Fsp3) is 0.405. The van der Waals surface area contributed by atoms with E-state index in [9.17, 15) is 33.6 Å². The van der Waals surface area contributed by atoms with E-state index >= 15 is 0 Å². The number of aromatic nitrogens is 5. The molecule has 4 heterocycles. The highest BCUT2D eigenvalue weighted by Gasteiger charge is 2.44. The van der Waals surface area contributed by atoms with Crippen molar-refractivity contribution in [2.24, 2.45) is 7.05 Å². The molecule has 0 spiro atoms. The fourth-order valence-corrected chi connectivity index (χ4v) is 6.70. The second-order valence-electron chi connectivity index (χ2n) is 14.5. The van der Waals surface area contributed by atoms with Crippen molar-refractivity contribution < 1.29 is 57.2 Å². The number of methoxy groups -OCH3 is 1. The van der Waals surface area contributed by atoms with Crippen LogP contribution in [0.3, 0.4) is 0 Å². The van der Waals surface area contributed by atoms with Crippen molar-refractivity contribution >= 4 is 64.2 Å². The number of nitrogens with zero attached hydrogens (tertiary/aromatic N) is 6. The van der Waals surface area contributed by atoms with Crippen LogP contribution in [0.25, 0.3) is 11.4 Å². The number of piperidine rings is 1. The average Bonchev–Trinajstić information content (AvgIpc) is 3.85. The number of amides is 7. The molecule has 2 aliphatic rings. The highest BCUT2D eigenvalue weighted by Crippen LogP contribution is 2.37. The molecule has 1 fully saturated rings. The number of hydrogen-bond acceptors (Lipinski definition) is 18. The van der Waals surface area contributed by atoms with Crippen LogP contribution in [0.2, 0.25) is 0 Å². The third-order valence-electron chi connectivity index (χ3n) is 9.88. The number of para-hydroxylation sites is 1. The minimum Gasteiger partial charge on any atom is -0.494 e. The number of hydrogen-bond donors (Lipinski definition) is 6. The predicted octanol–water partition coefficient (Wildman–Crippen LogP) is 0.408. The number of rotatable bonds is 25. The summed E-state index contributed by atoms with van der Waals surface area (Å²) in [7, 11) is 4.68. The average molecular weight is 915 g/mol. The lowest BCUT2D eigenvalue weighted by atomic mass is 10.0. The van der Waals surface area contributed by atoms with Crippen LogP contribution in [-0.2, 0) is 45.2 Å². The molecule has 1 saturated heterocycles. The Morgan fingerprint density at radius 2 is 1.53 bits per heavy atom. The van der Waals surface area contributed by atoms with E-state index in [0.717, 1.165) is 4.90 Å². The first kappa shape index (κ1) is 48.1. The Bertz CT molecular complexity index is 2430. The normalized spacial score (nSPS) is 14.4. The first-order chi connectivity index (χ1) is 32.0. The quantitative estimate of drug-likeness (QED) is 0.0388. The summed E-state index contributed by atoms with van der Waals surface area (Å²) in [5.41, 5.74) is 2.24. The lowest BCUT2D eigenvalue weighted by Gasteiger charge is -2.27. The summed E-state index contributed by atoms with van der Waals surface area (Å²) in [6, 6.07) is 10.4. The lowest BCUT2D eigenvalue weighted by molar-refractivity contribution is -0.136. The number of benzene rings is 2. The zero-order chi connectivity index (χ0) is 47.0. The highest BCUT2D eigenvalue weighted by molar-refractivity contribution is 6.23. The Morgan fingerprint density at radius 3 is 2.21 bits per heavy atom. The van der Waals surface area contributed by atoms with Crippen LogP contribution in [0.5, 0.6) is 5.75 Å². The number of ether oxygens (including phenoxy) is 5. The number of nitrogens with one attached hydrogen (secondary N) is 6. The van der Waals surface area contributed by atoms with Gasteiger partial charge >= 0.3 is 0 Å². The van der Waals surface area contributed by atoms with E-state index in [1.165, 1.54) is 26.3 Å². The maximum Gasteiger partial charge on any atom is 0.273 e. The van der Waals surface area contributed by atoms with Crippen LogP contribution in [0.1, 0.15) is 50.5 Å². The number of aryl methyl sites for hydroxylation is 1. The first-order valence-corrected chi connectivity index (χ1v) is 20.8. The van der Waals surface area contributed by atoms with E-state index in [4.69, 9.17) is 23.7 Å². The van der Waals surface area contributed by atoms with E-state index < -0.39 is 47.4 Å². The molecule has 350 valence electrons. The van der Waals surface area contributed by atoms with Crippen LogP contribution in [0.4, 0.5) is 22.9 Å². The maximum absolute atomic E-state index is 13.0. The van der Waals surface area contributed by atoms with Crippen molar-refractivity contribution in [2.75, 3.05) is 96.1 Å². The Kier molecular flexibility index (Phi) is 17.1. The monoisotopic (exact) mass is 914 g/mol. The number of carbonyl (C=O) groups is 7. The summed E-state index contributed by atoms with van der Waals surface area (Å²) in [6.45, 7) is 2.38. The molecule has 1 unspecified atom stereocenters. The van der Waals surface area contributed by atoms with Gasteiger partial charge in [0.1, 0.15) is 12.4 Å². The van der Waals surface area contributed by atoms with Gasteiger partial charge in [-0.2, -0.15) is 5.10 Å². The first-order valence-electron chi connectivity index (χ1n) is 20.8. The van der Waals surface area contributed by atoms with Gasteiger partial charge in [0.2, 0.25) is 23.6 Å². The number of anilines is 4. The predicted molar refractivity (Wildman–Crippen MR) is 233 cm³/mol. The van der Waals surface area contributed by atoms with Gasteiger partial charge in [0.15, 0.2) is 23.1 Å². The van der Waals surface area contributed by atoms with Crippen LogP contribution in [0, 0.1) is 0 Å². The van der Waals surface area contributed by atoms with Crippen LogP contribution in [-0.4, -0.2) is 157 Å². The van der Waals surface area contributed by atoms with Crippen LogP contribution in [0.15, 0.2) is 48.8 Å². The Balaban J connectivity index is 0.790. The van der Waals surface area contributed by atoms with Gasteiger partial charge in [-0.3, -0.25) is 48.5 Å². The summed E-state index contributed by atoms with van der Waals surface area (Å²) in [4.78, 5) is 92.5. The minimum atomic E-state index is -1.02. The van der Waals surface area contributed by atoms with E-state index in [2.05, 4.69) is 52.2 Å². The van der Waals surface area contributed by atoms with Crippen molar-refractivity contribution in [1.29, 1.82) is 0 Å². The second kappa shape index (κ2) is 23.5. The molecule has 0 bridgehead atoms. The largest absolute Gasteiger partial charge is 0.494 e. The number of imide groups is 2. The Hall–Kier alpha value is -7.41. The molecule has 1 atom stereocenters. The van der Waals surface area contributed by atoms with Crippen molar-refractivity contribution in [3.8, 4) is 17.1 Å². The SMILES string of the molecule is CNC(=O)c1nnc(NC(=O)CNC(=O)CCOCCOCCOCCOCCNc2ccc3c(c2)C(=O)N(C2CCC(=O)NC2=O)C3=O)cc1Nc1cccc(-c2ncn(C)n2)c1OC. The van der Waals surface area contributed by atoms with Gasteiger partial charge in [-0.05, 0) is 36.8 Å². The summed E-state index contributed by atoms with van der Waals surface area (Å²) in [5, 5.41) is 28.4. The minimum absolute atomic E-state index is 0.00869. The van der Waals surface area contributed by atoms with Gasteiger partial charge in [-0.25, -0.2) is 4.98 Å². The molecule has 2 aromatic carbocycles. The number of carbonyl (C=O) groups excluding carboxylic acids is 7. The topological polar surface area (TPSA) is 298 Å². The molecule has 0 aliphatic carbocycles. The van der Waals surface area contributed by atoms with Gasteiger partial charge in [0.05, 0.1) is 94.6 Å². The molecular formula is C42H50N12O12. The molecule has 2 aromatic heterocycles. The van der Waals surface area contributed by atoms with Gasteiger partial charge in [0, 0.05) is 45.2 Å². The molecular weight excluding hydrogens is 865 g/mol. The van der Waals surface area contributed by atoms with Crippen LogP contribution >= 0.6 is 0 Å². The van der Waals surface area contributed by atoms with Gasteiger partial charge < -0.3 is 50.3 Å². The van der Waals surface area contributed by atoms with E-state index in [0.29, 0.717) is 68.1 Å². The Morgan fingerprint density at radius 1 is 0.818 bits per heavy atom. The molecule has 6 rings (SSSR count). The maximum atomic E-state index is 13.0. The third kappa shape index (κ3) is 12.6. The molecule has 7 amide bonds. The molecule has 4 aromatic rings. The van der Waals surface area contributed by atoms with E-state index in [1.54, 1.807) is 48.4 Å². The van der Waals surface area contributed by atoms with E-state index in [1.807, 2.05) is 0 Å². The smallest absolute Gasteiger partial charge is 0.273 e. The highest BCUT2D eigenvalue weighted by atomic mass is 16.6. The summed E-state index contributed by atoms with van der Waals surface area (Å²) in [6.07, 6.45) is 1.70. The molecule has 0 radical (unpaired) electrons.